The van der Waals surface area contributed by atoms with Gasteiger partial charge in [0.25, 0.3) is 0 Å². The summed E-state index contributed by atoms with van der Waals surface area (Å²) in [7, 11) is -3.40. The van der Waals surface area contributed by atoms with Crippen molar-refractivity contribution in [3.63, 3.8) is 0 Å². The van der Waals surface area contributed by atoms with Crippen molar-refractivity contribution in [2.24, 2.45) is 16.7 Å². The van der Waals surface area contributed by atoms with Gasteiger partial charge in [-0.3, -0.25) is 0 Å². The summed E-state index contributed by atoms with van der Waals surface area (Å²) in [5, 5.41) is 0. The molecule has 0 radical (unpaired) electrons. The summed E-state index contributed by atoms with van der Waals surface area (Å²) in [5.41, 5.74) is 0.534. The third-order valence-corrected chi connectivity index (χ3v) is 7.39. The molecular weight excluding hydrogens is 306 g/mol. The first kappa shape index (κ1) is 18.5. The van der Waals surface area contributed by atoms with Crippen LogP contribution < -0.4 is 4.72 Å². The molecule has 1 aromatic rings. The number of sulfonamides is 1. The summed E-state index contributed by atoms with van der Waals surface area (Å²) in [5.74, 6) is 0.606. The minimum Gasteiger partial charge on any atom is -0.208 e. The highest BCUT2D eigenvalue weighted by Crippen LogP contribution is 2.54. The number of benzene rings is 1. The molecule has 0 saturated heterocycles. The van der Waals surface area contributed by atoms with E-state index in [0.717, 1.165) is 25.7 Å². The van der Waals surface area contributed by atoms with E-state index in [2.05, 4.69) is 39.3 Å². The van der Waals surface area contributed by atoms with Crippen LogP contribution in [0.25, 0.3) is 0 Å². The highest BCUT2D eigenvalue weighted by atomic mass is 32.2. The molecule has 0 aromatic heterocycles. The average molecular weight is 338 g/mol. The molecule has 4 heteroatoms. The van der Waals surface area contributed by atoms with Gasteiger partial charge in [0.2, 0.25) is 10.0 Å². The molecule has 0 aliphatic heterocycles. The fourth-order valence-electron chi connectivity index (χ4n) is 4.33. The van der Waals surface area contributed by atoms with Gasteiger partial charge < -0.3 is 0 Å². The summed E-state index contributed by atoms with van der Waals surface area (Å²) in [6.45, 7) is 11.6. The zero-order chi connectivity index (χ0) is 17.3. The van der Waals surface area contributed by atoms with Crippen molar-refractivity contribution in [3.8, 4) is 0 Å². The van der Waals surface area contributed by atoms with E-state index in [4.69, 9.17) is 0 Å². The molecule has 0 amide bonds. The van der Waals surface area contributed by atoms with Gasteiger partial charge in [0.05, 0.1) is 4.90 Å². The number of hydrogen-bond acceptors (Lipinski definition) is 2. The van der Waals surface area contributed by atoms with Gasteiger partial charge in [0.15, 0.2) is 0 Å². The molecule has 0 atom stereocenters. The van der Waals surface area contributed by atoms with Crippen LogP contribution in [0.5, 0.6) is 0 Å². The Morgan fingerprint density at radius 3 is 2.04 bits per heavy atom. The van der Waals surface area contributed by atoms with Crippen molar-refractivity contribution in [1.82, 2.24) is 4.72 Å². The van der Waals surface area contributed by atoms with Crippen LogP contribution in [0.15, 0.2) is 35.2 Å². The molecule has 0 spiro atoms. The van der Waals surface area contributed by atoms with Gasteiger partial charge in [0, 0.05) is 6.04 Å². The van der Waals surface area contributed by atoms with E-state index < -0.39 is 10.0 Å². The van der Waals surface area contributed by atoms with Crippen molar-refractivity contribution in [1.29, 1.82) is 0 Å². The second-order valence-corrected chi connectivity index (χ2v) is 9.98. The SMILES string of the molecule is CC(C)C1(C(C)(C)C)CCC(NS(=O)(=O)c2ccccc2)CC1. The summed E-state index contributed by atoms with van der Waals surface area (Å²) in [4.78, 5) is 0.358. The summed E-state index contributed by atoms with van der Waals surface area (Å²) < 4.78 is 27.9. The van der Waals surface area contributed by atoms with Crippen LogP contribution in [0.1, 0.15) is 60.3 Å². The normalized spacial score (nSPS) is 26.4. The molecule has 1 saturated carbocycles. The van der Waals surface area contributed by atoms with Gasteiger partial charge in [0.1, 0.15) is 0 Å². The first-order valence-electron chi connectivity index (χ1n) is 8.66. The topological polar surface area (TPSA) is 46.2 Å². The predicted octanol–water partition coefficient (Wildman–Crippen LogP) is 4.60. The molecule has 1 N–H and O–H groups in total. The van der Waals surface area contributed by atoms with Crippen LogP contribution in [0.3, 0.4) is 0 Å². The van der Waals surface area contributed by atoms with Crippen LogP contribution in [0, 0.1) is 16.7 Å². The van der Waals surface area contributed by atoms with Crippen molar-refractivity contribution < 1.29 is 8.42 Å². The van der Waals surface area contributed by atoms with Crippen molar-refractivity contribution in [3.05, 3.63) is 30.3 Å². The Balaban J connectivity index is 2.08. The van der Waals surface area contributed by atoms with Gasteiger partial charge in [-0.25, -0.2) is 13.1 Å². The first-order chi connectivity index (χ1) is 10.6. The molecule has 3 nitrogen and oxygen atoms in total. The second kappa shape index (κ2) is 6.56. The van der Waals surface area contributed by atoms with Gasteiger partial charge >= 0.3 is 0 Å². The monoisotopic (exact) mass is 337 g/mol. The highest BCUT2D eigenvalue weighted by molar-refractivity contribution is 7.89. The van der Waals surface area contributed by atoms with Crippen molar-refractivity contribution in [2.45, 2.75) is 71.2 Å². The molecule has 2 rings (SSSR count). The quantitative estimate of drug-likeness (QED) is 0.873. The lowest BCUT2D eigenvalue weighted by molar-refractivity contribution is -0.0143. The maximum atomic E-state index is 12.5. The zero-order valence-corrected chi connectivity index (χ0v) is 15.9. The molecular formula is C19H31NO2S. The van der Waals surface area contributed by atoms with E-state index in [1.54, 1.807) is 24.3 Å². The zero-order valence-electron chi connectivity index (χ0n) is 15.1. The molecule has 1 aromatic carbocycles. The number of hydrogen-bond donors (Lipinski definition) is 1. The third-order valence-electron chi connectivity index (χ3n) is 5.85. The van der Waals surface area contributed by atoms with Crippen LogP contribution >= 0.6 is 0 Å². The third kappa shape index (κ3) is 3.80. The summed E-state index contributed by atoms with van der Waals surface area (Å²) in [6, 6.07) is 8.71. The Hall–Kier alpha value is -0.870. The van der Waals surface area contributed by atoms with Crippen molar-refractivity contribution in [2.75, 3.05) is 0 Å². The maximum Gasteiger partial charge on any atom is 0.240 e. The summed E-state index contributed by atoms with van der Waals surface area (Å²) in [6.07, 6.45) is 4.00. The van der Waals surface area contributed by atoms with Gasteiger partial charge in [-0.05, 0) is 54.6 Å². The minimum atomic E-state index is -3.40. The fourth-order valence-corrected chi connectivity index (χ4v) is 5.66. The van der Waals surface area contributed by atoms with Gasteiger partial charge in [-0.15, -0.1) is 0 Å². The van der Waals surface area contributed by atoms with Crippen LogP contribution in [-0.2, 0) is 10.0 Å². The fraction of sp³-hybridized carbons (Fsp3) is 0.684. The molecule has 1 fully saturated rings. The number of nitrogens with one attached hydrogen (secondary N) is 1. The lowest BCUT2D eigenvalue weighted by Gasteiger charge is -2.52. The Kier molecular flexibility index (Phi) is 5.27. The Morgan fingerprint density at radius 2 is 1.61 bits per heavy atom. The number of rotatable bonds is 4. The lowest BCUT2D eigenvalue weighted by Crippen LogP contribution is -2.47. The van der Waals surface area contributed by atoms with Gasteiger partial charge in [-0.1, -0.05) is 52.8 Å². The van der Waals surface area contributed by atoms with E-state index in [0.29, 0.717) is 16.2 Å². The van der Waals surface area contributed by atoms with Crippen molar-refractivity contribution >= 4 is 10.0 Å². The molecule has 23 heavy (non-hydrogen) atoms. The Bertz CT molecular complexity index is 607. The van der Waals surface area contributed by atoms with E-state index >= 15 is 0 Å². The van der Waals surface area contributed by atoms with Crippen LogP contribution in [0.4, 0.5) is 0 Å². The van der Waals surface area contributed by atoms with Crippen LogP contribution in [-0.4, -0.2) is 14.5 Å². The van der Waals surface area contributed by atoms with E-state index in [9.17, 15) is 8.42 Å². The second-order valence-electron chi connectivity index (χ2n) is 8.27. The summed E-state index contributed by atoms with van der Waals surface area (Å²) >= 11 is 0. The van der Waals surface area contributed by atoms with Crippen LogP contribution in [0.2, 0.25) is 0 Å². The Labute approximate surface area is 141 Å². The average Bonchev–Trinajstić information content (AvgIpc) is 2.47. The molecule has 130 valence electrons. The molecule has 1 aliphatic carbocycles. The Morgan fingerprint density at radius 1 is 1.09 bits per heavy atom. The standard InChI is InChI=1S/C19H31NO2S/c1-15(2)19(18(3,4)5)13-11-16(12-14-19)20-23(21,22)17-9-7-6-8-10-17/h6-10,15-16,20H,11-14H2,1-5H3. The molecule has 0 unspecified atom stereocenters. The van der Waals surface area contributed by atoms with E-state index in [1.807, 2.05) is 6.07 Å². The highest BCUT2D eigenvalue weighted by Gasteiger charge is 2.46. The molecule has 1 aliphatic rings. The molecule has 0 bridgehead atoms. The predicted molar refractivity (Wildman–Crippen MR) is 95.7 cm³/mol. The lowest BCUT2D eigenvalue weighted by atomic mass is 9.54. The molecule has 0 heterocycles. The van der Waals surface area contributed by atoms with Gasteiger partial charge in [-0.2, -0.15) is 0 Å². The van der Waals surface area contributed by atoms with E-state index in [-0.39, 0.29) is 11.5 Å². The van der Waals surface area contributed by atoms with E-state index in [1.165, 1.54) is 0 Å². The first-order valence-corrected chi connectivity index (χ1v) is 10.1. The minimum absolute atomic E-state index is 0.0504. The largest absolute Gasteiger partial charge is 0.240 e. The smallest absolute Gasteiger partial charge is 0.208 e. The maximum absolute atomic E-state index is 12.5.